The van der Waals surface area contributed by atoms with E-state index >= 15 is 0 Å². The van der Waals surface area contributed by atoms with Crippen molar-refractivity contribution in [2.45, 2.75) is 19.5 Å². The lowest BCUT2D eigenvalue weighted by molar-refractivity contribution is 0.509. The molecule has 2 aromatic rings. The van der Waals surface area contributed by atoms with Crippen LogP contribution >= 0.6 is 11.6 Å². The third-order valence-corrected chi connectivity index (χ3v) is 3.27. The van der Waals surface area contributed by atoms with Gasteiger partial charge in [0.1, 0.15) is 11.6 Å². The first-order valence-electron chi connectivity index (χ1n) is 5.99. The Balaban J connectivity index is 2.04. The van der Waals surface area contributed by atoms with Crippen LogP contribution in [0.4, 0.5) is 8.78 Å². The molecule has 4 heteroatoms. The lowest BCUT2D eigenvalue weighted by atomic mass is 10.1. The molecule has 0 spiro atoms. The van der Waals surface area contributed by atoms with Crippen LogP contribution < -0.4 is 5.32 Å². The van der Waals surface area contributed by atoms with Gasteiger partial charge in [-0.25, -0.2) is 8.78 Å². The van der Waals surface area contributed by atoms with Crippen LogP contribution in [0.25, 0.3) is 0 Å². The van der Waals surface area contributed by atoms with Gasteiger partial charge in [-0.1, -0.05) is 29.8 Å². The molecule has 1 atom stereocenters. The zero-order chi connectivity index (χ0) is 13.8. The molecule has 0 fully saturated rings. The Bertz CT molecular complexity index is 534. The smallest absolute Gasteiger partial charge is 0.130 e. The van der Waals surface area contributed by atoms with Crippen LogP contribution in [0, 0.1) is 11.6 Å². The second-order valence-electron chi connectivity index (χ2n) is 4.35. The molecule has 100 valence electrons. The molecule has 0 saturated heterocycles. The third-order valence-electron chi connectivity index (χ3n) is 3.02. The van der Waals surface area contributed by atoms with Crippen molar-refractivity contribution in [3.05, 3.63) is 70.2 Å². The van der Waals surface area contributed by atoms with Crippen molar-refractivity contribution in [2.75, 3.05) is 0 Å². The average molecular weight is 282 g/mol. The van der Waals surface area contributed by atoms with E-state index in [1.54, 1.807) is 12.1 Å². The van der Waals surface area contributed by atoms with E-state index in [-0.39, 0.29) is 18.2 Å². The predicted octanol–water partition coefficient (Wildman–Crippen LogP) is 4.47. The fourth-order valence-electron chi connectivity index (χ4n) is 1.83. The van der Waals surface area contributed by atoms with E-state index in [1.165, 1.54) is 18.2 Å². The molecule has 0 aromatic heterocycles. The number of nitrogens with one attached hydrogen (secondary N) is 1. The predicted molar refractivity (Wildman–Crippen MR) is 73.1 cm³/mol. The number of hydrogen-bond donors (Lipinski definition) is 1. The van der Waals surface area contributed by atoms with Gasteiger partial charge in [0.15, 0.2) is 0 Å². The molecule has 0 bridgehead atoms. The van der Waals surface area contributed by atoms with Gasteiger partial charge in [0, 0.05) is 23.2 Å². The van der Waals surface area contributed by atoms with Gasteiger partial charge in [-0.3, -0.25) is 0 Å². The number of halogens is 3. The lowest BCUT2D eigenvalue weighted by Crippen LogP contribution is -2.19. The topological polar surface area (TPSA) is 12.0 Å². The van der Waals surface area contributed by atoms with Gasteiger partial charge < -0.3 is 5.32 Å². The first-order chi connectivity index (χ1) is 9.08. The van der Waals surface area contributed by atoms with Crippen LogP contribution in [0.3, 0.4) is 0 Å². The molecule has 2 rings (SSSR count). The van der Waals surface area contributed by atoms with Gasteiger partial charge in [0.25, 0.3) is 0 Å². The molecule has 0 radical (unpaired) electrons. The van der Waals surface area contributed by atoms with E-state index in [4.69, 9.17) is 11.6 Å². The highest BCUT2D eigenvalue weighted by Gasteiger charge is 2.10. The maximum absolute atomic E-state index is 13.5. The normalized spacial score (nSPS) is 12.4. The van der Waals surface area contributed by atoms with Crippen molar-refractivity contribution in [3.63, 3.8) is 0 Å². The maximum atomic E-state index is 13.5. The first kappa shape index (κ1) is 14.0. The summed E-state index contributed by atoms with van der Waals surface area (Å²) in [5.74, 6) is -1.06. The summed E-state index contributed by atoms with van der Waals surface area (Å²) in [6, 6.07) is 11.2. The molecule has 0 aliphatic rings. The highest BCUT2D eigenvalue weighted by Crippen LogP contribution is 2.18. The van der Waals surface area contributed by atoms with Crippen molar-refractivity contribution < 1.29 is 8.78 Å². The summed E-state index contributed by atoms with van der Waals surface area (Å²) < 4.78 is 26.9. The minimum Gasteiger partial charge on any atom is -0.306 e. The van der Waals surface area contributed by atoms with Gasteiger partial charge in [-0.15, -0.1) is 0 Å². The van der Waals surface area contributed by atoms with Crippen LogP contribution in [-0.2, 0) is 6.54 Å². The largest absolute Gasteiger partial charge is 0.306 e. The molecular weight excluding hydrogens is 268 g/mol. The molecule has 0 aliphatic carbocycles. The van der Waals surface area contributed by atoms with Gasteiger partial charge in [-0.05, 0) is 36.8 Å². The van der Waals surface area contributed by atoms with Crippen molar-refractivity contribution in [3.8, 4) is 0 Å². The highest BCUT2D eigenvalue weighted by molar-refractivity contribution is 6.30. The lowest BCUT2D eigenvalue weighted by Gasteiger charge is -2.15. The van der Waals surface area contributed by atoms with E-state index in [2.05, 4.69) is 5.32 Å². The summed E-state index contributed by atoms with van der Waals surface area (Å²) in [4.78, 5) is 0. The molecule has 0 heterocycles. The summed E-state index contributed by atoms with van der Waals surface area (Å²) >= 11 is 5.81. The monoisotopic (exact) mass is 281 g/mol. The molecule has 0 aliphatic heterocycles. The molecular formula is C15H14ClF2N. The molecule has 2 aromatic carbocycles. The Morgan fingerprint density at radius 3 is 2.21 bits per heavy atom. The van der Waals surface area contributed by atoms with Crippen molar-refractivity contribution in [1.29, 1.82) is 0 Å². The Hall–Kier alpha value is -1.45. The summed E-state index contributed by atoms with van der Waals surface area (Å²) in [6.07, 6.45) is 0. The average Bonchev–Trinajstić information content (AvgIpc) is 2.38. The third kappa shape index (κ3) is 3.52. The van der Waals surface area contributed by atoms with Crippen molar-refractivity contribution in [1.82, 2.24) is 5.32 Å². The van der Waals surface area contributed by atoms with Crippen LogP contribution in [0.1, 0.15) is 24.1 Å². The Kier molecular flexibility index (Phi) is 4.51. The van der Waals surface area contributed by atoms with E-state index in [0.717, 1.165) is 5.56 Å². The fraction of sp³-hybridized carbons (Fsp3) is 0.200. The number of benzene rings is 2. The second-order valence-corrected chi connectivity index (χ2v) is 4.79. The fourth-order valence-corrected chi connectivity index (χ4v) is 1.95. The molecule has 1 nitrogen and oxygen atoms in total. The van der Waals surface area contributed by atoms with Crippen LogP contribution in [0.2, 0.25) is 5.02 Å². The van der Waals surface area contributed by atoms with Crippen molar-refractivity contribution >= 4 is 11.6 Å². The van der Waals surface area contributed by atoms with Crippen LogP contribution in [0.15, 0.2) is 42.5 Å². The standard InChI is InChI=1S/C15H14ClF2N/c1-10(11-5-7-12(16)8-6-11)19-9-13-14(17)3-2-4-15(13)18/h2-8,10,19H,9H2,1H3. The molecule has 0 amide bonds. The quantitative estimate of drug-likeness (QED) is 0.872. The minimum atomic E-state index is -0.532. The number of rotatable bonds is 4. The van der Waals surface area contributed by atoms with Gasteiger partial charge in [-0.2, -0.15) is 0 Å². The summed E-state index contributed by atoms with van der Waals surface area (Å²) in [6.45, 7) is 2.07. The molecule has 0 saturated carbocycles. The van der Waals surface area contributed by atoms with Crippen LogP contribution in [0.5, 0.6) is 0 Å². The van der Waals surface area contributed by atoms with Crippen LogP contribution in [-0.4, -0.2) is 0 Å². The molecule has 19 heavy (non-hydrogen) atoms. The maximum Gasteiger partial charge on any atom is 0.130 e. The molecule has 1 unspecified atom stereocenters. The summed E-state index contributed by atoms with van der Waals surface area (Å²) in [7, 11) is 0. The Morgan fingerprint density at radius 1 is 1.05 bits per heavy atom. The molecule has 1 N–H and O–H groups in total. The van der Waals surface area contributed by atoms with Gasteiger partial charge in [0.2, 0.25) is 0 Å². The summed E-state index contributed by atoms with van der Waals surface area (Å²) in [5, 5.41) is 3.76. The van der Waals surface area contributed by atoms with Gasteiger partial charge in [0.05, 0.1) is 0 Å². The van der Waals surface area contributed by atoms with E-state index in [9.17, 15) is 8.78 Å². The van der Waals surface area contributed by atoms with E-state index < -0.39 is 11.6 Å². The highest BCUT2D eigenvalue weighted by atomic mass is 35.5. The Labute approximate surface area is 116 Å². The first-order valence-corrected chi connectivity index (χ1v) is 6.37. The van der Waals surface area contributed by atoms with Crippen molar-refractivity contribution in [2.24, 2.45) is 0 Å². The Morgan fingerprint density at radius 2 is 1.63 bits per heavy atom. The summed E-state index contributed by atoms with van der Waals surface area (Å²) in [5.41, 5.74) is 1.07. The van der Waals surface area contributed by atoms with E-state index in [1.807, 2.05) is 19.1 Å². The van der Waals surface area contributed by atoms with E-state index in [0.29, 0.717) is 5.02 Å². The zero-order valence-corrected chi connectivity index (χ0v) is 11.2. The zero-order valence-electron chi connectivity index (χ0n) is 10.5. The SMILES string of the molecule is CC(NCc1c(F)cccc1F)c1ccc(Cl)cc1. The minimum absolute atomic E-state index is 0.0173. The number of hydrogen-bond acceptors (Lipinski definition) is 1. The second kappa shape index (κ2) is 6.13. The van der Waals surface area contributed by atoms with Gasteiger partial charge >= 0.3 is 0 Å².